The molecule has 0 fully saturated rings. The van der Waals surface area contributed by atoms with Crippen LogP contribution in [-0.2, 0) is 20.3 Å². The van der Waals surface area contributed by atoms with Gasteiger partial charge in [-0.25, -0.2) is 0 Å². The molecule has 0 aliphatic rings. The Balaban J connectivity index is 2.74. The molecular weight excluding hydrogens is 292 g/mol. The zero-order valence-corrected chi connectivity index (χ0v) is 11.5. The van der Waals surface area contributed by atoms with Gasteiger partial charge in [0, 0.05) is 14.6 Å². The van der Waals surface area contributed by atoms with E-state index in [0.29, 0.717) is 4.90 Å². The van der Waals surface area contributed by atoms with Crippen molar-refractivity contribution in [3.8, 4) is 0 Å². The van der Waals surface area contributed by atoms with Crippen LogP contribution < -0.4 is 0 Å². The number of hydrogen-bond donors (Lipinski definition) is 0. The van der Waals surface area contributed by atoms with Crippen molar-refractivity contribution < 1.29 is 13.7 Å². The van der Waals surface area contributed by atoms with Crippen LogP contribution in [-0.4, -0.2) is 22.5 Å². The van der Waals surface area contributed by atoms with Gasteiger partial charge < -0.3 is 4.74 Å². The van der Waals surface area contributed by atoms with Gasteiger partial charge in [-0.15, -0.1) is 0 Å². The van der Waals surface area contributed by atoms with E-state index < -0.39 is 10.8 Å². The van der Waals surface area contributed by atoms with Gasteiger partial charge in [-0.1, -0.05) is 22.0 Å². The van der Waals surface area contributed by atoms with Crippen molar-refractivity contribution in [2.24, 2.45) is 0 Å². The van der Waals surface area contributed by atoms with E-state index in [4.69, 9.17) is 0 Å². The highest BCUT2D eigenvalue weighted by molar-refractivity contribution is 9.10. The lowest BCUT2D eigenvalue weighted by molar-refractivity contribution is -0.140. The molecular formula is C11H13BrO3S. The third-order valence-corrected chi connectivity index (χ3v) is 4.19. The first kappa shape index (κ1) is 13.4. The minimum atomic E-state index is -1.19. The molecule has 0 saturated carbocycles. The second-order valence-electron chi connectivity index (χ2n) is 3.35. The molecule has 0 radical (unpaired) electrons. The summed E-state index contributed by atoms with van der Waals surface area (Å²) in [5.74, 6) is -0.337. The minimum Gasteiger partial charge on any atom is -0.469 e. The Morgan fingerprint density at radius 3 is 2.81 bits per heavy atom. The average Bonchev–Trinajstić information content (AvgIpc) is 2.27. The molecule has 0 spiro atoms. The third-order valence-electron chi connectivity index (χ3n) is 2.08. The number of halogens is 1. The maximum Gasteiger partial charge on any atom is 0.306 e. The van der Waals surface area contributed by atoms with Crippen LogP contribution in [0.3, 0.4) is 0 Å². The molecule has 0 aliphatic carbocycles. The smallest absolute Gasteiger partial charge is 0.306 e. The molecule has 0 aromatic heterocycles. The number of carbonyl (C=O) groups is 1. The molecule has 16 heavy (non-hydrogen) atoms. The van der Waals surface area contributed by atoms with Crippen LogP contribution in [0.2, 0.25) is 0 Å². The van der Waals surface area contributed by atoms with E-state index in [1.165, 1.54) is 7.11 Å². The molecule has 0 saturated heterocycles. The Hall–Kier alpha value is -0.680. The average molecular weight is 305 g/mol. The Labute approximate surface area is 106 Å². The first-order chi connectivity index (χ1) is 7.54. The van der Waals surface area contributed by atoms with Gasteiger partial charge in [0.05, 0.1) is 24.3 Å². The maximum absolute atomic E-state index is 12.0. The molecule has 1 rings (SSSR count). The first-order valence-electron chi connectivity index (χ1n) is 4.77. The number of esters is 1. The van der Waals surface area contributed by atoms with E-state index in [1.807, 2.05) is 12.1 Å². The molecule has 88 valence electrons. The fourth-order valence-electron chi connectivity index (χ4n) is 1.22. The summed E-state index contributed by atoms with van der Waals surface area (Å²) in [5, 5.41) is -0.248. The van der Waals surface area contributed by atoms with Gasteiger partial charge in [0.1, 0.15) is 0 Å². The van der Waals surface area contributed by atoms with Gasteiger partial charge in [-0.2, -0.15) is 0 Å². The van der Waals surface area contributed by atoms with Crippen LogP contribution in [0, 0.1) is 0 Å². The highest BCUT2D eigenvalue weighted by Crippen LogP contribution is 2.18. The maximum atomic E-state index is 12.0. The fraction of sp³-hybridized carbons (Fsp3) is 0.364. The molecule has 0 amide bonds. The second kappa shape index (κ2) is 6.15. The van der Waals surface area contributed by atoms with E-state index >= 15 is 0 Å². The number of hydrogen-bond acceptors (Lipinski definition) is 3. The van der Waals surface area contributed by atoms with Crippen molar-refractivity contribution >= 4 is 32.7 Å². The van der Waals surface area contributed by atoms with Crippen molar-refractivity contribution in [2.45, 2.75) is 23.5 Å². The molecule has 0 aliphatic heterocycles. The number of ether oxygens (including phenoxy) is 1. The van der Waals surface area contributed by atoms with Crippen LogP contribution in [0.15, 0.2) is 33.6 Å². The summed E-state index contributed by atoms with van der Waals surface area (Å²) in [5.41, 5.74) is 0. The minimum absolute atomic E-state index is 0.162. The van der Waals surface area contributed by atoms with E-state index in [9.17, 15) is 9.00 Å². The van der Waals surface area contributed by atoms with Crippen molar-refractivity contribution in [3.05, 3.63) is 28.7 Å². The highest BCUT2D eigenvalue weighted by atomic mass is 79.9. The molecule has 2 unspecified atom stereocenters. The quantitative estimate of drug-likeness (QED) is 0.803. The van der Waals surface area contributed by atoms with E-state index in [-0.39, 0.29) is 17.6 Å². The molecule has 0 bridgehead atoms. The molecule has 3 nitrogen and oxygen atoms in total. The summed E-state index contributed by atoms with van der Waals surface area (Å²) in [4.78, 5) is 11.8. The van der Waals surface area contributed by atoms with Crippen LogP contribution in [0.25, 0.3) is 0 Å². The number of methoxy groups -OCH3 is 1. The summed E-state index contributed by atoms with van der Waals surface area (Å²) in [6.07, 6.45) is 0.162. The van der Waals surface area contributed by atoms with Crippen molar-refractivity contribution in [2.75, 3.05) is 7.11 Å². The first-order valence-corrected chi connectivity index (χ1v) is 6.78. The summed E-state index contributed by atoms with van der Waals surface area (Å²) < 4.78 is 17.5. The summed E-state index contributed by atoms with van der Waals surface area (Å²) in [6.45, 7) is 1.77. The zero-order chi connectivity index (χ0) is 12.1. The number of carbonyl (C=O) groups excluding carboxylic acids is 1. The normalized spacial score (nSPS) is 14.2. The summed E-state index contributed by atoms with van der Waals surface area (Å²) >= 11 is 3.32. The van der Waals surface area contributed by atoms with Crippen molar-refractivity contribution in [1.82, 2.24) is 0 Å². The predicted molar refractivity (Wildman–Crippen MR) is 66.6 cm³/mol. The molecule has 2 atom stereocenters. The summed E-state index contributed by atoms with van der Waals surface area (Å²) in [6, 6.07) is 7.27. The fourth-order valence-corrected chi connectivity index (χ4v) is 2.98. The monoisotopic (exact) mass is 304 g/mol. The molecule has 1 aromatic rings. The Morgan fingerprint density at radius 2 is 2.25 bits per heavy atom. The van der Waals surface area contributed by atoms with Gasteiger partial charge in [-0.05, 0) is 25.1 Å². The lowest BCUT2D eigenvalue weighted by Crippen LogP contribution is -2.17. The van der Waals surface area contributed by atoms with Crippen LogP contribution in [0.5, 0.6) is 0 Å². The van der Waals surface area contributed by atoms with Crippen LogP contribution in [0.4, 0.5) is 0 Å². The second-order valence-corrected chi connectivity index (χ2v) is 6.13. The lowest BCUT2D eigenvalue weighted by atomic mass is 10.3. The summed E-state index contributed by atoms with van der Waals surface area (Å²) in [7, 11) is 0.139. The van der Waals surface area contributed by atoms with Gasteiger partial charge in [0.15, 0.2) is 0 Å². The zero-order valence-electron chi connectivity index (χ0n) is 9.10. The Kier molecular flexibility index (Phi) is 5.15. The molecule has 0 heterocycles. The topological polar surface area (TPSA) is 43.4 Å². The van der Waals surface area contributed by atoms with Crippen LogP contribution in [0.1, 0.15) is 13.3 Å². The molecule has 0 N–H and O–H groups in total. The van der Waals surface area contributed by atoms with Crippen molar-refractivity contribution in [3.63, 3.8) is 0 Å². The Morgan fingerprint density at radius 1 is 1.56 bits per heavy atom. The predicted octanol–water partition coefficient (Wildman–Crippen LogP) is 2.51. The third kappa shape index (κ3) is 3.72. The van der Waals surface area contributed by atoms with Gasteiger partial charge in [0.2, 0.25) is 0 Å². The lowest BCUT2D eigenvalue weighted by Gasteiger charge is -2.10. The SMILES string of the molecule is COC(=O)CC(C)S(=O)c1cccc(Br)c1. The van der Waals surface area contributed by atoms with Gasteiger partial charge in [0.25, 0.3) is 0 Å². The number of benzene rings is 1. The molecule has 1 aromatic carbocycles. The highest BCUT2D eigenvalue weighted by Gasteiger charge is 2.17. The van der Waals surface area contributed by atoms with E-state index in [2.05, 4.69) is 20.7 Å². The Bertz CT molecular complexity index is 406. The van der Waals surface area contributed by atoms with Gasteiger partial charge in [-0.3, -0.25) is 9.00 Å². The van der Waals surface area contributed by atoms with E-state index in [1.54, 1.807) is 19.1 Å². The van der Waals surface area contributed by atoms with Crippen LogP contribution >= 0.6 is 15.9 Å². The molecule has 5 heteroatoms. The van der Waals surface area contributed by atoms with E-state index in [0.717, 1.165) is 4.47 Å². The van der Waals surface area contributed by atoms with Crippen molar-refractivity contribution in [1.29, 1.82) is 0 Å². The largest absolute Gasteiger partial charge is 0.469 e. The standard InChI is InChI=1S/C11H13BrO3S/c1-8(6-11(13)15-2)16(14)10-5-3-4-9(12)7-10/h3-5,7-8H,6H2,1-2H3. The van der Waals surface area contributed by atoms with Gasteiger partial charge >= 0.3 is 5.97 Å². The number of rotatable bonds is 4.